The van der Waals surface area contributed by atoms with Crippen molar-refractivity contribution >= 4 is 11.6 Å². The summed E-state index contributed by atoms with van der Waals surface area (Å²) in [6.45, 7) is -0.675. The molecule has 0 aliphatic heterocycles. The van der Waals surface area contributed by atoms with E-state index in [1.165, 1.54) is 0 Å². The zero-order valence-corrected chi connectivity index (χ0v) is 9.91. The average molecular weight is 285 g/mol. The molecule has 2 unspecified atom stereocenters. The molecule has 102 valence electrons. The van der Waals surface area contributed by atoms with Crippen molar-refractivity contribution in [3.05, 3.63) is 34.9 Å². The summed E-state index contributed by atoms with van der Waals surface area (Å²) in [5.41, 5.74) is -0.997. The highest BCUT2D eigenvalue weighted by molar-refractivity contribution is 6.18. The Balaban J connectivity index is 3.15. The van der Waals surface area contributed by atoms with Crippen LogP contribution in [0.25, 0.3) is 0 Å². The van der Waals surface area contributed by atoms with Crippen molar-refractivity contribution in [1.29, 1.82) is 0 Å². The highest BCUT2D eigenvalue weighted by Gasteiger charge is 2.31. The van der Waals surface area contributed by atoms with Gasteiger partial charge >= 0.3 is 6.18 Å². The van der Waals surface area contributed by atoms with Gasteiger partial charge in [0.1, 0.15) is 6.10 Å². The van der Waals surface area contributed by atoms with E-state index in [9.17, 15) is 23.4 Å². The van der Waals surface area contributed by atoms with Gasteiger partial charge in [-0.15, -0.1) is 11.6 Å². The second-order valence-corrected chi connectivity index (χ2v) is 4.04. The van der Waals surface area contributed by atoms with Crippen LogP contribution in [-0.2, 0) is 12.8 Å². The Morgan fingerprint density at radius 3 is 2.28 bits per heavy atom. The Bertz CT molecular complexity index is 409. The van der Waals surface area contributed by atoms with Crippen molar-refractivity contribution in [1.82, 2.24) is 0 Å². The van der Waals surface area contributed by atoms with E-state index < -0.39 is 30.6 Å². The van der Waals surface area contributed by atoms with Crippen LogP contribution in [0, 0.1) is 0 Å². The largest absolute Gasteiger partial charge is 0.416 e. The van der Waals surface area contributed by atoms with E-state index in [4.69, 9.17) is 16.7 Å². The van der Waals surface area contributed by atoms with Crippen molar-refractivity contribution < 1.29 is 28.5 Å². The lowest BCUT2D eigenvalue weighted by Crippen LogP contribution is -2.21. The van der Waals surface area contributed by atoms with Crippen LogP contribution in [0.1, 0.15) is 22.8 Å². The molecule has 0 bridgehead atoms. The number of aliphatic hydroxyl groups excluding tert-OH is 3. The van der Waals surface area contributed by atoms with Gasteiger partial charge in [0.15, 0.2) is 0 Å². The molecule has 0 fully saturated rings. The minimum atomic E-state index is -4.53. The van der Waals surface area contributed by atoms with Gasteiger partial charge in [-0.05, 0) is 23.3 Å². The zero-order valence-electron chi connectivity index (χ0n) is 9.15. The van der Waals surface area contributed by atoms with Crippen molar-refractivity contribution in [2.75, 3.05) is 5.88 Å². The number of aliphatic hydroxyl groups is 3. The van der Waals surface area contributed by atoms with E-state index in [2.05, 4.69) is 0 Å². The van der Waals surface area contributed by atoms with Crippen LogP contribution in [0.5, 0.6) is 0 Å². The van der Waals surface area contributed by atoms with Gasteiger partial charge in [-0.1, -0.05) is 6.07 Å². The number of halogens is 4. The molecule has 0 radical (unpaired) electrons. The predicted molar refractivity (Wildman–Crippen MR) is 59.1 cm³/mol. The number of hydrogen-bond acceptors (Lipinski definition) is 3. The predicted octanol–water partition coefficient (Wildman–Crippen LogP) is 1.83. The van der Waals surface area contributed by atoms with Gasteiger partial charge in [0, 0.05) is 0 Å². The lowest BCUT2D eigenvalue weighted by atomic mass is 9.97. The third kappa shape index (κ3) is 3.35. The van der Waals surface area contributed by atoms with Crippen LogP contribution in [0.4, 0.5) is 13.2 Å². The summed E-state index contributed by atoms with van der Waals surface area (Å²) in [4.78, 5) is 0. The first kappa shape index (κ1) is 15.2. The smallest absolute Gasteiger partial charge is 0.392 e. The standard InChI is InChI=1S/C11H12ClF3O3/c12-4-9(17)10(18)8-2-1-7(11(13,14)15)3-6(8)5-16/h1-3,9-10,16-18H,4-5H2. The van der Waals surface area contributed by atoms with Gasteiger partial charge < -0.3 is 15.3 Å². The molecular weight excluding hydrogens is 273 g/mol. The molecule has 0 aliphatic rings. The van der Waals surface area contributed by atoms with Crippen LogP contribution in [0.2, 0.25) is 0 Å². The van der Waals surface area contributed by atoms with Crippen molar-refractivity contribution in [3.63, 3.8) is 0 Å². The maximum absolute atomic E-state index is 12.4. The molecule has 18 heavy (non-hydrogen) atoms. The Kier molecular flexibility index (Phi) is 4.98. The van der Waals surface area contributed by atoms with E-state index in [1.807, 2.05) is 0 Å². The normalized spacial score (nSPS) is 15.5. The molecular formula is C11H12ClF3O3. The van der Waals surface area contributed by atoms with Gasteiger partial charge in [0.05, 0.1) is 24.2 Å². The lowest BCUT2D eigenvalue weighted by Gasteiger charge is -2.19. The summed E-state index contributed by atoms with van der Waals surface area (Å²) < 4.78 is 37.3. The quantitative estimate of drug-likeness (QED) is 0.739. The van der Waals surface area contributed by atoms with Crippen LogP contribution in [0.3, 0.4) is 0 Å². The molecule has 0 heterocycles. The number of alkyl halides is 4. The highest BCUT2D eigenvalue weighted by atomic mass is 35.5. The Morgan fingerprint density at radius 1 is 1.22 bits per heavy atom. The minimum Gasteiger partial charge on any atom is -0.392 e. The molecule has 3 N–H and O–H groups in total. The molecule has 1 aromatic carbocycles. The van der Waals surface area contributed by atoms with E-state index in [0.29, 0.717) is 0 Å². The van der Waals surface area contributed by atoms with E-state index in [-0.39, 0.29) is 17.0 Å². The molecule has 0 amide bonds. The van der Waals surface area contributed by atoms with Crippen molar-refractivity contribution in [2.45, 2.75) is 25.0 Å². The summed E-state index contributed by atoms with van der Waals surface area (Å²) in [5, 5.41) is 28.0. The lowest BCUT2D eigenvalue weighted by molar-refractivity contribution is -0.137. The number of benzene rings is 1. The van der Waals surface area contributed by atoms with Crippen molar-refractivity contribution in [3.8, 4) is 0 Å². The number of hydrogen-bond donors (Lipinski definition) is 3. The zero-order chi connectivity index (χ0) is 13.9. The summed E-state index contributed by atoms with van der Waals surface area (Å²) >= 11 is 5.34. The van der Waals surface area contributed by atoms with Gasteiger partial charge in [-0.25, -0.2) is 0 Å². The molecule has 3 nitrogen and oxygen atoms in total. The molecule has 0 saturated carbocycles. The molecule has 0 spiro atoms. The Morgan fingerprint density at radius 2 is 1.83 bits per heavy atom. The molecule has 1 rings (SSSR count). The Hall–Kier alpha value is -0.820. The maximum atomic E-state index is 12.4. The first-order valence-electron chi connectivity index (χ1n) is 5.04. The molecule has 1 aromatic rings. The van der Waals surface area contributed by atoms with E-state index in [1.54, 1.807) is 0 Å². The van der Waals surface area contributed by atoms with Crippen molar-refractivity contribution in [2.24, 2.45) is 0 Å². The maximum Gasteiger partial charge on any atom is 0.416 e. The molecule has 0 aliphatic carbocycles. The summed E-state index contributed by atoms with van der Waals surface area (Å²) in [7, 11) is 0. The first-order chi connectivity index (χ1) is 8.31. The fraction of sp³-hybridized carbons (Fsp3) is 0.455. The Labute approximate surface area is 106 Å². The third-order valence-electron chi connectivity index (χ3n) is 2.48. The van der Waals surface area contributed by atoms with Crippen LogP contribution < -0.4 is 0 Å². The van der Waals surface area contributed by atoms with Crippen LogP contribution >= 0.6 is 11.6 Å². The SMILES string of the molecule is OCc1cc(C(F)(F)F)ccc1C(O)C(O)CCl. The van der Waals surface area contributed by atoms with E-state index >= 15 is 0 Å². The highest BCUT2D eigenvalue weighted by Crippen LogP contribution is 2.32. The average Bonchev–Trinajstić information content (AvgIpc) is 2.35. The van der Waals surface area contributed by atoms with Gasteiger partial charge in [0.25, 0.3) is 0 Å². The minimum absolute atomic E-state index is 0.0265. The third-order valence-corrected chi connectivity index (χ3v) is 2.80. The second-order valence-electron chi connectivity index (χ2n) is 3.74. The fourth-order valence-corrected chi connectivity index (χ4v) is 1.67. The van der Waals surface area contributed by atoms with Gasteiger partial charge in [0.2, 0.25) is 0 Å². The molecule has 0 saturated heterocycles. The molecule has 0 aromatic heterocycles. The van der Waals surface area contributed by atoms with Gasteiger partial charge in [-0.3, -0.25) is 0 Å². The monoisotopic (exact) mass is 284 g/mol. The summed E-state index contributed by atoms with van der Waals surface area (Å²) in [6, 6.07) is 2.53. The van der Waals surface area contributed by atoms with Gasteiger partial charge in [-0.2, -0.15) is 13.2 Å². The van der Waals surface area contributed by atoms with E-state index in [0.717, 1.165) is 18.2 Å². The fourth-order valence-electron chi connectivity index (χ4n) is 1.50. The topological polar surface area (TPSA) is 60.7 Å². The van der Waals surface area contributed by atoms with Crippen LogP contribution in [0.15, 0.2) is 18.2 Å². The van der Waals surface area contributed by atoms with Crippen LogP contribution in [-0.4, -0.2) is 27.3 Å². The molecule has 2 atom stereocenters. The molecule has 7 heteroatoms. The summed E-state index contributed by atoms with van der Waals surface area (Å²) in [6.07, 6.45) is -7.28. The summed E-state index contributed by atoms with van der Waals surface area (Å²) in [5.74, 6) is -0.271. The first-order valence-corrected chi connectivity index (χ1v) is 5.57. The second kappa shape index (κ2) is 5.88. The number of rotatable bonds is 4.